The Balaban J connectivity index is 2.25. The molecule has 0 amide bonds. The summed E-state index contributed by atoms with van der Waals surface area (Å²) in [6.07, 6.45) is 1.11. The second-order valence-electron chi connectivity index (χ2n) is 4.74. The first-order valence-corrected chi connectivity index (χ1v) is 7.35. The van der Waals surface area contributed by atoms with Crippen molar-refractivity contribution in [3.8, 4) is 0 Å². The maximum atomic E-state index is 12.5. The molecule has 18 heavy (non-hydrogen) atoms. The third-order valence-electron chi connectivity index (χ3n) is 3.62. The van der Waals surface area contributed by atoms with Crippen molar-refractivity contribution in [2.45, 2.75) is 29.5 Å². The molecular formula is C12H13NO4S. The number of carbonyl (C=O) groups is 1. The summed E-state index contributed by atoms with van der Waals surface area (Å²) in [7, 11) is -3.75. The highest BCUT2D eigenvalue weighted by Gasteiger charge is 2.60. The SMILES string of the molecule is O=C(O)C1(S(=O)(=O)C2CC2)NCc2ccccc21. The number of aliphatic carboxylic acids is 1. The Hall–Kier alpha value is -1.40. The van der Waals surface area contributed by atoms with Crippen molar-refractivity contribution in [3.05, 3.63) is 35.4 Å². The van der Waals surface area contributed by atoms with Crippen molar-refractivity contribution in [2.24, 2.45) is 0 Å². The summed E-state index contributed by atoms with van der Waals surface area (Å²) < 4.78 is 25.0. The summed E-state index contributed by atoms with van der Waals surface area (Å²) in [5.41, 5.74) is 1.11. The van der Waals surface area contributed by atoms with Crippen molar-refractivity contribution < 1.29 is 18.3 Å². The Morgan fingerprint density at radius 3 is 2.61 bits per heavy atom. The lowest BCUT2D eigenvalue weighted by Crippen LogP contribution is -2.52. The number of sulfone groups is 1. The number of carboxylic acids is 1. The maximum absolute atomic E-state index is 12.5. The summed E-state index contributed by atoms with van der Waals surface area (Å²) in [6.45, 7) is 0.272. The minimum atomic E-state index is -3.75. The van der Waals surface area contributed by atoms with Gasteiger partial charge in [0, 0.05) is 12.1 Å². The molecule has 1 atom stereocenters. The van der Waals surface area contributed by atoms with Gasteiger partial charge in [-0.05, 0) is 18.4 Å². The van der Waals surface area contributed by atoms with E-state index in [4.69, 9.17) is 0 Å². The van der Waals surface area contributed by atoms with E-state index in [1.807, 2.05) is 0 Å². The molecule has 0 aromatic heterocycles. The van der Waals surface area contributed by atoms with Gasteiger partial charge in [0.2, 0.25) is 4.87 Å². The van der Waals surface area contributed by atoms with Crippen molar-refractivity contribution in [2.75, 3.05) is 0 Å². The molecule has 1 fully saturated rings. The molecule has 1 aromatic rings. The summed E-state index contributed by atoms with van der Waals surface area (Å²) in [6, 6.07) is 6.80. The highest BCUT2D eigenvalue weighted by Crippen LogP contribution is 2.44. The van der Waals surface area contributed by atoms with Crippen LogP contribution in [0.15, 0.2) is 24.3 Å². The fourth-order valence-corrected chi connectivity index (χ4v) is 4.81. The van der Waals surface area contributed by atoms with Gasteiger partial charge in [0.25, 0.3) is 0 Å². The predicted octanol–water partition coefficient (Wildman–Crippen LogP) is 0.604. The average Bonchev–Trinajstić information content (AvgIpc) is 3.10. The number of rotatable bonds is 3. The Labute approximate surface area is 105 Å². The number of hydrogen-bond acceptors (Lipinski definition) is 4. The number of carboxylic acid groups (broad SMARTS) is 1. The molecule has 1 aromatic carbocycles. The summed E-state index contributed by atoms with van der Waals surface area (Å²) in [4.78, 5) is 9.67. The van der Waals surface area contributed by atoms with Crippen LogP contribution in [0.5, 0.6) is 0 Å². The molecule has 3 rings (SSSR count). The molecule has 1 aliphatic carbocycles. The van der Waals surface area contributed by atoms with Crippen LogP contribution in [-0.2, 0) is 26.0 Å². The minimum absolute atomic E-state index is 0.272. The van der Waals surface area contributed by atoms with Crippen LogP contribution in [-0.4, -0.2) is 24.7 Å². The molecule has 0 spiro atoms. The number of hydrogen-bond donors (Lipinski definition) is 2. The third-order valence-corrected chi connectivity index (χ3v) is 6.36. The van der Waals surface area contributed by atoms with Gasteiger partial charge in [0.15, 0.2) is 9.84 Å². The van der Waals surface area contributed by atoms with Gasteiger partial charge in [-0.15, -0.1) is 0 Å². The zero-order valence-electron chi connectivity index (χ0n) is 9.59. The van der Waals surface area contributed by atoms with Crippen molar-refractivity contribution in [1.82, 2.24) is 5.32 Å². The lowest BCUT2D eigenvalue weighted by molar-refractivity contribution is -0.141. The van der Waals surface area contributed by atoms with Crippen LogP contribution in [0, 0.1) is 0 Å². The van der Waals surface area contributed by atoms with Gasteiger partial charge in [-0.2, -0.15) is 0 Å². The van der Waals surface area contributed by atoms with Crippen molar-refractivity contribution in [1.29, 1.82) is 0 Å². The van der Waals surface area contributed by atoms with E-state index in [9.17, 15) is 18.3 Å². The third kappa shape index (κ3) is 1.30. The quantitative estimate of drug-likeness (QED) is 0.838. The Morgan fingerprint density at radius 2 is 2.00 bits per heavy atom. The van der Waals surface area contributed by atoms with E-state index >= 15 is 0 Å². The molecule has 0 radical (unpaired) electrons. The molecule has 0 saturated heterocycles. The molecule has 0 bridgehead atoms. The normalized spacial score (nSPS) is 26.9. The standard InChI is InChI=1S/C12H13NO4S/c14-11(15)12(18(16,17)9-5-6-9)10-4-2-1-3-8(10)7-13-12/h1-4,9,13H,5-7H2,(H,14,15). The van der Waals surface area contributed by atoms with E-state index in [-0.39, 0.29) is 6.54 Å². The van der Waals surface area contributed by atoms with Crippen LogP contribution in [0.3, 0.4) is 0 Å². The monoisotopic (exact) mass is 267 g/mol. The highest BCUT2D eigenvalue weighted by atomic mass is 32.2. The first-order valence-electron chi connectivity index (χ1n) is 5.80. The van der Waals surface area contributed by atoms with Gasteiger partial charge in [0.05, 0.1) is 5.25 Å². The Kier molecular flexibility index (Phi) is 2.30. The van der Waals surface area contributed by atoms with Crippen LogP contribution in [0.1, 0.15) is 24.0 Å². The van der Waals surface area contributed by atoms with Gasteiger partial charge < -0.3 is 5.11 Å². The van der Waals surface area contributed by atoms with Crippen LogP contribution in [0.4, 0.5) is 0 Å². The lowest BCUT2D eigenvalue weighted by Gasteiger charge is -2.25. The summed E-state index contributed by atoms with van der Waals surface area (Å²) >= 11 is 0. The maximum Gasteiger partial charge on any atom is 0.344 e. The molecule has 5 nitrogen and oxygen atoms in total. The smallest absolute Gasteiger partial charge is 0.344 e. The van der Waals surface area contributed by atoms with E-state index in [0.717, 1.165) is 5.56 Å². The second kappa shape index (κ2) is 3.55. The van der Waals surface area contributed by atoms with E-state index in [2.05, 4.69) is 5.32 Å². The van der Waals surface area contributed by atoms with E-state index < -0.39 is 25.9 Å². The molecule has 6 heteroatoms. The molecule has 2 aliphatic rings. The molecule has 1 heterocycles. The zero-order valence-corrected chi connectivity index (χ0v) is 10.4. The minimum Gasteiger partial charge on any atom is -0.479 e. The largest absolute Gasteiger partial charge is 0.479 e. The second-order valence-corrected chi connectivity index (χ2v) is 7.11. The molecular weight excluding hydrogens is 254 g/mol. The number of benzene rings is 1. The lowest BCUT2D eigenvalue weighted by atomic mass is 10.0. The van der Waals surface area contributed by atoms with Crippen LogP contribution >= 0.6 is 0 Å². The van der Waals surface area contributed by atoms with Gasteiger partial charge in [-0.25, -0.2) is 13.2 Å². The molecule has 1 aliphatic heterocycles. The average molecular weight is 267 g/mol. The number of fused-ring (bicyclic) bond motifs is 1. The Bertz CT molecular complexity index is 621. The van der Waals surface area contributed by atoms with Crippen LogP contribution < -0.4 is 5.32 Å². The van der Waals surface area contributed by atoms with Gasteiger partial charge in [0.1, 0.15) is 0 Å². The van der Waals surface area contributed by atoms with Gasteiger partial charge in [-0.1, -0.05) is 24.3 Å². The highest BCUT2D eigenvalue weighted by molar-refractivity contribution is 7.94. The van der Waals surface area contributed by atoms with Gasteiger partial charge in [-0.3, -0.25) is 5.32 Å². The van der Waals surface area contributed by atoms with E-state index in [0.29, 0.717) is 18.4 Å². The fraction of sp³-hybridized carbons (Fsp3) is 0.417. The van der Waals surface area contributed by atoms with Crippen LogP contribution in [0.2, 0.25) is 0 Å². The molecule has 1 unspecified atom stereocenters. The summed E-state index contributed by atoms with van der Waals surface area (Å²) in [5, 5.41) is 11.7. The van der Waals surface area contributed by atoms with E-state index in [1.165, 1.54) is 0 Å². The van der Waals surface area contributed by atoms with Crippen LogP contribution in [0.25, 0.3) is 0 Å². The molecule has 1 saturated carbocycles. The van der Waals surface area contributed by atoms with Gasteiger partial charge >= 0.3 is 5.97 Å². The predicted molar refractivity (Wildman–Crippen MR) is 64.5 cm³/mol. The fourth-order valence-electron chi connectivity index (χ4n) is 2.53. The molecule has 96 valence electrons. The summed E-state index contributed by atoms with van der Waals surface area (Å²) in [5.74, 6) is -1.33. The first kappa shape index (κ1) is 11.7. The zero-order chi connectivity index (χ0) is 13.0. The topological polar surface area (TPSA) is 83.5 Å². The number of nitrogens with one attached hydrogen (secondary N) is 1. The van der Waals surface area contributed by atoms with Crippen molar-refractivity contribution in [3.63, 3.8) is 0 Å². The Morgan fingerprint density at radius 1 is 1.33 bits per heavy atom. The van der Waals surface area contributed by atoms with Crippen molar-refractivity contribution >= 4 is 15.8 Å². The molecule has 2 N–H and O–H groups in total. The first-order chi connectivity index (χ1) is 8.50. The van der Waals surface area contributed by atoms with E-state index in [1.54, 1.807) is 24.3 Å².